The first-order valence-electron chi connectivity index (χ1n) is 12.8. The molecule has 3 aromatic heterocycles. The van der Waals surface area contributed by atoms with Gasteiger partial charge in [0.1, 0.15) is 11.3 Å². The number of nitrogens with zero attached hydrogens (tertiary/aromatic N) is 2. The van der Waals surface area contributed by atoms with Crippen LogP contribution < -0.4 is 0 Å². The Morgan fingerprint density at radius 3 is 2.26 bits per heavy atom. The Kier molecular flexibility index (Phi) is 4.52. The molecule has 8 rings (SSSR count). The summed E-state index contributed by atoms with van der Waals surface area (Å²) in [4.78, 5) is 4.77. The molecule has 0 fully saturated rings. The van der Waals surface area contributed by atoms with Crippen LogP contribution in [0.3, 0.4) is 0 Å². The average molecular weight is 487 g/mol. The van der Waals surface area contributed by atoms with E-state index in [9.17, 15) is 0 Å². The maximum Gasteiger partial charge on any atom is 0.144 e. The van der Waals surface area contributed by atoms with E-state index in [0.29, 0.717) is 0 Å². The number of rotatable bonds is 3. The van der Waals surface area contributed by atoms with Crippen molar-refractivity contribution in [2.45, 2.75) is 0 Å². The Hall–Kier alpha value is -5.15. The predicted octanol–water partition coefficient (Wildman–Crippen LogP) is 9.41. The summed E-state index contributed by atoms with van der Waals surface area (Å²) in [6.45, 7) is 0. The summed E-state index contributed by atoms with van der Waals surface area (Å²) in [5, 5.41) is 5.75. The number of hydrogen-bond donors (Lipinski definition) is 0. The van der Waals surface area contributed by atoms with E-state index >= 15 is 0 Å². The molecule has 0 spiro atoms. The number of aromatic nitrogens is 2. The smallest absolute Gasteiger partial charge is 0.144 e. The van der Waals surface area contributed by atoms with Gasteiger partial charge in [-0.1, -0.05) is 84.9 Å². The second-order valence-electron chi connectivity index (χ2n) is 9.67. The molecule has 0 saturated heterocycles. The van der Waals surface area contributed by atoms with Gasteiger partial charge in [-0.3, -0.25) is 4.98 Å². The van der Waals surface area contributed by atoms with E-state index in [-0.39, 0.29) is 0 Å². The predicted molar refractivity (Wildman–Crippen MR) is 157 cm³/mol. The van der Waals surface area contributed by atoms with Gasteiger partial charge in [-0.2, -0.15) is 0 Å². The van der Waals surface area contributed by atoms with Crippen molar-refractivity contribution in [1.82, 2.24) is 9.55 Å². The highest BCUT2D eigenvalue weighted by molar-refractivity contribution is 6.20. The molecule has 8 aromatic rings. The van der Waals surface area contributed by atoms with Gasteiger partial charge in [0, 0.05) is 39.2 Å². The Labute approximate surface area is 219 Å². The first-order chi connectivity index (χ1) is 18.8. The van der Waals surface area contributed by atoms with E-state index in [1.807, 2.05) is 30.5 Å². The van der Waals surface area contributed by atoms with Crippen LogP contribution in [0.2, 0.25) is 0 Å². The van der Waals surface area contributed by atoms with Crippen LogP contribution in [0, 0.1) is 0 Å². The molecule has 0 aliphatic carbocycles. The van der Waals surface area contributed by atoms with Gasteiger partial charge >= 0.3 is 0 Å². The van der Waals surface area contributed by atoms with Gasteiger partial charge < -0.3 is 8.98 Å². The first kappa shape index (κ1) is 21.0. The normalized spacial score (nSPS) is 11.7. The zero-order chi connectivity index (χ0) is 25.1. The van der Waals surface area contributed by atoms with Crippen molar-refractivity contribution in [3.8, 4) is 28.3 Å². The lowest BCUT2D eigenvalue weighted by Crippen LogP contribution is -1.94. The highest BCUT2D eigenvalue weighted by Crippen LogP contribution is 2.40. The van der Waals surface area contributed by atoms with Crippen molar-refractivity contribution < 1.29 is 4.42 Å². The average Bonchev–Trinajstić information content (AvgIpc) is 3.57. The monoisotopic (exact) mass is 486 g/mol. The highest BCUT2D eigenvalue weighted by Gasteiger charge is 2.18. The third-order valence-corrected chi connectivity index (χ3v) is 7.41. The van der Waals surface area contributed by atoms with E-state index in [2.05, 4.69) is 108 Å². The SMILES string of the molecule is c1ccc(-c2cc3ccc4c(c5ccccc5n4-c4cccc(-c5cc6ccccc6cn5)c4)c3o2)cc1. The molecule has 0 unspecified atom stereocenters. The largest absolute Gasteiger partial charge is 0.455 e. The zero-order valence-electron chi connectivity index (χ0n) is 20.5. The van der Waals surface area contributed by atoms with Gasteiger partial charge in [-0.15, -0.1) is 0 Å². The Morgan fingerprint density at radius 2 is 1.34 bits per heavy atom. The van der Waals surface area contributed by atoms with Crippen molar-refractivity contribution >= 4 is 43.5 Å². The Morgan fingerprint density at radius 1 is 0.553 bits per heavy atom. The maximum absolute atomic E-state index is 6.54. The maximum atomic E-state index is 6.54. The second kappa shape index (κ2) is 8.19. The minimum Gasteiger partial charge on any atom is -0.455 e. The summed E-state index contributed by atoms with van der Waals surface area (Å²) in [6.07, 6.45) is 1.95. The van der Waals surface area contributed by atoms with Gasteiger partial charge in [0.25, 0.3) is 0 Å². The minimum absolute atomic E-state index is 0.884. The summed E-state index contributed by atoms with van der Waals surface area (Å²) in [5.41, 5.74) is 7.42. The third kappa shape index (κ3) is 3.19. The van der Waals surface area contributed by atoms with Crippen LogP contribution >= 0.6 is 0 Å². The van der Waals surface area contributed by atoms with E-state index in [1.165, 1.54) is 10.8 Å². The summed E-state index contributed by atoms with van der Waals surface area (Å²) in [6, 6.07) is 44.5. The molecule has 178 valence electrons. The molecule has 0 bridgehead atoms. The quantitative estimate of drug-likeness (QED) is 0.249. The first-order valence-corrected chi connectivity index (χ1v) is 12.8. The summed E-state index contributed by atoms with van der Waals surface area (Å²) in [7, 11) is 0. The van der Waals surface area contributed by atoms with Crippen LogP contribution in [0.5, 0.6) is 0 Å². The van der Waals surface area contributed by atoms with E-state index in [1.54, 1.807) is 0 Å². The molecule has 0 aliphatic heterocycles. The van der Waals surface area contributed by atoms with Crippen molar-refractivity contribution in [2.24, 2.45) is 0 Å². The Bertz CT molecular complexity index is 2130. The Balaban J connectivity index is 1.36. The molecule has 5 aromatic carbocycles. The molecule has 0 atom stereocenters. The van der Waals surface area contributed by atoms with Crippen LogP contribution in [0.4, 0.5) is 0 Å². The topological polar surface area (TPSA) is 31.0 Å². The van der Waals surface area contributed by atoms with Crippen LogP contribution in [-0.4, -0.2) is 9.55 Å². The van der Waals surface area contributed by atoms with Crippen LogP contribution in [0.1, 0.15) is 0 Å². The van der Waals surface area contributed by atoms with E-state index < -0.39 is 0 Å². The summed E-state index contributed by atoms with van der Waals surface area (Å²) < 4.78 is 8.87. The fraction of sp³-hybridized carbons (Fsp3) is 0. The standard InChI is InChI=1S/C35H22N2O/c1-2-9-23(10-3-1)33-21-26-17-18-32-34(35(26)38-33)29-15-6-7-16-31(29)37(32)28-14-8-13-25(19-28)30-20-24-11-4-5-12-27(24)22-36-30/h1-22H. The third-order valence-electron chi connectivity index (χ3n) is 7.41. The van der Waals surface area contributed by atoms with Gasteiger partial charge in [0.15, 0.2) is 0 Å². The minimum atomic E-state index is 0.884. The molecule has 0 amide bonds. The lowest BCUT2D eigenvalue weighted by molar-refractivity contribution is 0.635. The van der Waals surface area contributed by atoms with Crippen molar-refractivity contribution in [3.63, 3.8) is 0 Å². The van der Waals surface area contributed by atoms with Crippen molar-refractivity contribution in [2.75, 3.05) is 0 Å². The fourth-order valence-electron chi connectivity index (χ4n) is 5.62. The lowest BCUT2D eigenvalue weighted by Gasteiger charge is -2.10. The molecule has 3 heterocycles. The number of fused-ring (bicyclic) bond motifs is 6. The van der Waals surface area contributed by atoms with E-state index in [0.717, 1.165) is 61.0 Å². The van der Waals surface area contributed by atoms with Gasteiger partial charge in [0.05, 0.1) is 22.1 Å². The number of para-hydroxylation sites is 1. The molecule has 0 aliphatic rings. The van der Waals surface area contributed by atoms with Gasteiger partial charge in [-0.05, 0) is 47.9 Å². The second-order valence-corrected chi connectivity index (χ2v) is 9.67. The zero-order valence-corrected chi connectivity index (χ0v) is 20.5. The molecule has 0 N–H and O–H groups in total. The molecule has 0 radical (unpaired) electrons. The summed E-state index contributed by atoms with van der Waals surface area (Å²) in [5.74, 6) is 0.884. The number of hydrogen-bond acceptors (Lipinski definition) is 2. The molecular weight excluding hydrogens is 464 g/mol. The van der Waals surface area contributed by atoms with Gasteiger partial charge in [0.2, 0.25) is 0 Å². The molecule has 3 heteroatoms. The van der Waals surface area contributed by atoms with Crippen molar-refractivity contribution in [1.29, 1.82) is 0 Å². The fourth-order valence-corrected chi connectivity index (χ4v) is 5.62. The van der Waals surface area contributed by atoms with Crippen LogP contribution in [-0.2, 0) is 0 Å². The molecular formula is C35H22N2O. The number of pyridine rings is 1. The number of furan rings is 1. The lowest BCUT2D eigenvalue weighted by atomic mass is 10.1. The summed E-state index contributed by atoms with van der Waals surface area (Å²) >= 11 is 0. The van der Waals surface area contributed by atoms with Crippen molar-refractivity contribution in [3.05, 3.63) is 134 Å². The molecule has 38 heavy (non-hydrogen) atoms. The van der Waals surface area contributed by atoms with E-state index in [4.69, 9.17) is 9.40 Å². The number of benzene rings is 5. The molecule has 3 nitrogen and oxygen atoms in total. The van der Waals surface area contributed by atoms with Gasteiger partial charge in [-0.25, -0.2) is 0 Å². The van der Waals surface area contributed by atoms with Crippen LogP contribution in [0.25, 0.3) is 71.8 Å². The highest BCUT2D eigenvalue weighted by atomic mass is 16.3. The van der Waals surface area contributed by atoms with Crippen LogP contribution in [0.15, 0.2) is 138 Å². The molecule has 0 saturated carbocycles.